The van der Waals surface area contributed by atoms with E-state index in [9.17, 15) is 8.78 Å². The van der Waals surface area contributed by atoms with Crippen LogP contribution in [0.5, 0.6) is 0 Å². The zero-order chi connectivity index (χ0) is 11.5. The highest BCUT2D eigenvalue weighted by atomic mass is 19.1. The maximum absolute atomic E-state index is 13.3. The summed E-state index contributed by atoms with van der Waals surface area (Å²) >= 11 is 0. The third-order valence-corrected chi connectivity index (χ3v) is 2.13. The standard InChI is InChI=1S/C12H6F2N2/c13-11-3-10(6-16-7-11)8-1-2-9(5-15)12(14)4-8/h1-4,6-7H. The monoisotopic (exact) mass is 216 g/mol. The zero-order valence-corrected chi connectivity index (χ0v) is 8.11. The quantitative estimate of drug-likeness (QED) is 0.734. The minimum atomic E-state index is -0.621. The van der Waals surface area contributed by atoms with Crippen molar-refractivity contribution < 1.29 is 8.78 Å². The van der Waals surface area contributed by atoms with Crippen LogP contribution >= 0.6 is 0 Å². The first-order chi connectivity index (χ1) is 7.70. The van der Waals surface area contributed by atoms with Crippen molar-refractivity contribution in [3.63, 3.8) is 0 Å². The Morgan fingerprint density at radius 1 is 1.06 bits per heavy atom. The van der Waals surface area contributed by atoms with E-state index in [4.69, 9.17) is 5.26 Å². The molecule has 0 N–H and O–H groups in total. The van der Waals surface area contributed by atoms with Gasteiger partial charge in [0.05, 0.1) is 11.8 Å². The molecule has 2 nitrogen and oxygen atoms in total. The molecule has 4 heteroatoms. The molecule has 0 radical (unpaired) electrons. The zero-order valence-electron chi connectivity index (χ0n) is 8.11. The third kappa shape index (κ3) is 1.89. The van der Waals surface area contributed by atoms with Gasteiger partial charge in [0.15, 0.2) is 0 Å². The highest BCUT2D eigenvalue weighted by Gasteiger charge is 2.05. The summed E-state index contributed by atoms with van der Waals surface area (Å²) in [6.45, 7) is 0. The van der Waals surface area contributed by atoms with Crippen molar-refractivity contribution in [2.24, 2.45) is 0 Å². The number of rotatable bonds is 1. The van der Waals surface area contributed by atoms with Crippen LogP contribution in [0.15, 0.2) is 36.7 Å². The van der Waals surface area contributed by atoms with Crippen molar-refractivity contribution >= 4 is 0 Å². The molecular formula is C12H6F2N2. The Morgan fingerprint density at radius 3 is 2.50 bits per heavy atom. The molecule has 78 valence electrons. The topological polar surface area (TPSA) is 36.7 Å². The van der Waals surface area contributed by atoms with E-state index in [2.05, 4.69) is 4.98 Å². The van der Waals surface area contributed by atoms with Crippen molar-refractivity contribution in [1.29, 1.82) is 5.26 Å². The molecule has 2 rings (SSSR count). The minimum Gasteiger partial charge on any atom is -0.261 e. The fourth-order valence-corrected chi connectivity index (χ4v) is 1.36. The molecule has 0 saturated heterocycles. The second-order valence-corrected chi connectivity index (χ2v) is 3.20. The molecule has 0 fully saturated rings. The predicted molar refractivity (Wildman–Crippen MR) is 54.3 cm³/mol. The molecule has 16 heavy (non-hydrogen) atoms. The van der Waals surface area contributed by atoms with Gasteiger partial charge in [0.1, 0.15) is 17.7 Å². The number of benzene rings is 1. The Morgan fingerprint density at radius 2 is 1.88 bits per heavy atom. The van der Waals surface area contributed by atoms with Gasteiger partial charge in [-0.25, -0.2) is 8.78 Å². The van der Waals surface area contributed by atoms with E-state index >= 15 is 0 Å². The van der Waals surface area contributed by atoms with E-state index in [1.165, 1.54) is 24.4 Å². The number of halogens is 2. The fourth-order valence-electron chi connectivity index (χ4n) is 1.36. The Balaban J connectivity index is 2.50. The number of aromatic nitrogens is 1. The van der Waals surface area contributed by atoms with Gasteiger partial charge in [-0.3, -0.25) is 4.98 Å². The molecule has 0 unspecified atom stereocenters. The molecular weight excluding hydrogens is 210 g/mol. The van der Waals surface area contributed by atoms with Crippen LogP contribution in [0, 0.1) is 23.0 Å². The Bertz CT molecular complexity index is 573. The maximum atomic E-state index is 13.3. The van der Waals surface area contributed by atoms with Gasteiger partial charge in [0.25, 0.3) is 0 Å². The van der Waals surface area contributed by atoms with Crippen LogP contribution in [0.25, 0.3) is 11.1 Å². The normalized spacial score (nSPS) is 9.81. The molecule has 0 saturated carbocycles. The van der Waals surface area contributed by atoms with Crippen molar-refractivity contribution in [2.45, 2.75) is 0 Å². The van der Waals surface area contributed by atoms with Crippen LogP contribution in [0.2, 0.25) is 0 Å². The van der Waals surface area contributed by atoms with Gasteiger partial charge in [-0.2, -0.15) is 5.26 Å². The predicted octanol–water partition coefficient (Wildman–Crippen LogP) is 2.90. The summed E-state index contributed by atoms with van der Waals surface area (Å²) in [4.78, 5) is 3.67. The van der Waals surface area contributed by atoms with Crippen LogP contribution in [0.4, 0.5) is 8.78 Å². The van der Waals surface area contributed by atoms with Gasteiger partial charge in [-0.15, -0.1) is 0 Å². The third-order valence-electron chi connectivity index (χ3n) is 2.13. The molecule has 1 aromatic carbocycles. The van der Waals surface area contributed by atoms with Gasteiger partial charge in [-0.1, -0.05) is 6.07 Å². The SMILES string of the molecule is N#Cc1ccc(-c2cncc(F)c2)cc1F. The summed E-state index contributed by atoms with van der Waals surface area (Å²) in [5.74, 6) is -1.11. The number of hydrogen-bond donors (Lipinski definition) is 0. The van der Waals surface area contributed by atoms with Crippen molar-refractivity contribution in [3.05, 3.63) is 53.9 Å². The first-order valence-electron chi connectivity index (χ1n) is 4.51. The van der Waals surface area contributed by atoms with E-state index in [-0.39, 0.29) is 5.56 Å². The van der Waals surface area contributed by atoms with Crippen molar-refractivity contribution in [2.75, 3.05) is 0 Å². The molecule has 1 heterocycles. The average molecular weight is 216 g/mol. The molecule has 0 aliphatic rings. The Kier molecular flexibility index (Phi) is 2.61. The lowest BCUT2D eigenvalue weighted by Gasteiger charge is -2.02. The molecule has 0 aliphatic carbocycles. The van der Waals surface area contributed by atoms with E-state index in [0.29, 0.717) is 11.1 Å². The molecule has 0 aliphatic heterocycles. The maximum Gasteiger partial charge on any atom is 0.142 e. The van der Waals surface area contributed by atoms with E-state index in [0.717, 1.165) is 6.20 Å². The average Bonchev–Trinajstić information content (AvgIpc) is 2.29. The fraction of sp³-hybridized carbons (Fsp3) is 0. The number of nitrogens with zero attached hydrogens (tertiary/aromatic N) is 2. The van der Waals surface area contributed by atoms with Gasteiger partial charge >= 0.3 is 0 Å². The summed E-state index contributed by atoms with van der Waals surface area (Å²) < 4.78 is 26.2. The number of hydrogen-bond acceptors (Lipinski definition) is 2. The van der Waals surface area contributed by atoms with Gasteiger partial charge in [-0.05, 0) is 23.8 Å². The summed E-state index contributed by atoms with van der Waals surface area (Å²) in [7, 11) is 0. The van der Waals surface area contributed by atoms with Crippen molar-refractivity contribution in [1.82, 2.24) is 4.98 Å². The summed E-state index contributed by atoms with van der Waals surface area (Å²) in [5, 5.41) is 8.56. The van der Waals surface area contributed by atoms with Crippen LogP contribution in [-0.2, 0) is 0 Å². The largest absolute Gasteiger partial charge is 0.261 e. The minimum absolute atomic E-state index is 0.0342. The lowest BCUT2D eigenvalue weighted by Crippen LogP contribution is -1.87. The van der Waals surface area contributed by atoms with Gasteiger partial charge in [0.2, 0.25) is 0 Å². The molecule has 0 atom stereocenters. The van der Waals surface area contributed by atoms with Crippen LogP contribution < -0.4 is 0 Å². The highest BCUT2D eigenvalue weighted by molar-refractivity contribution is 5.63. The van der Waals surface area contributed by atoms with Crippen molar-refractivity contribution in [3.8, 4) is 17.2 Å². The number of nitriles is 1. The first kappa shape index (κ1) is 10.2. The van der Waals surface area contributed by atoms with E-state index in [1.54, 1.807) is 12.1 Å². The summed E-state index contributed by atoms with van der Waals surface area (Å²) in [6, 6.07) is 7.08. The van der Waals surface area contributed by atoms with Crippen LogP contribution in [0.3, 0.4) is 0 Å². The first-order valence-corrected chi connectivity index (χ1v) is 4.51. The lowest BCUT2D eigenvalue weighted by molar-refractivity contribution is 0.620. The Labute approximate surface area is 90.8 Å². The molecule has 0 bridgehead atoms. The van der Waals surface area contributed by atoms with E-state index in [1.807, 2.05) is 0 Å². The van der Waals surface area contributed by atoms with E-state index < -0.39 is 11.6 Å². The summed E-state index contributed by atoms with van der Waals surface area (Å²) in [5.41, 5.74) is 0.931. The van der Waals surface area contributed by atoms with Gasteiger partial charge in [0, 0.05) is 11.8 Å². The summed E-state index contributed by atoms with van der Waals surface area (Å²) in [6.07, 6.45) is 2.51. The van der Waals surface area contributed by atoms with Gasteiger partial charge < -0.3 is 0 Å². The van der Waals surface area contributed by atoms with Crippen LogP contribution in [0.1, 0.15) is 5.56 Å². The molecule has 0 amide bonds. The molecule has 1 aromatic heterocycles. The smallest absolute Gasteiger partial charge is 0.142 e. The molecule has 2 aromatic rings. The lowest BCUT2D eigenvalue weighted by atomic mass is 10.1. The second kappa shape index (κ2) is 4.07. The highest BCUT2D eigenvalue weighted by Crippen LogP contribution is 2.21. The Hall–Kier alpha value is -2.28. The number of pyridine rings is 1. The second-order valence-electron chi connectivity index (χ2n) is 3.20. The molecule has 0 spiro atoms. The van der Waals surface area contributed by atoms with Crippen LogP contribution in [-0.4, -0.2) is 4.98 Å².